The number of fused-ring (bicyclic) bond motifs is 1. The van der Waals surface area contributed by atoms with Gasteiger partial charge in [-0.2, -0.15) is 5.10 Å². The largest absolute Gasteiger partial charge is 0.381 e. The Hall–Kier alpha value is -3.07. The summed E-state index contributed by atoms with van der Waals surface area (Å²) >= 11 is 0. The van der Waals surface area contributed by atoms with Gasteiger partial charge in [0.2, 0.25) is 0 Å². The van der Waals surface area contributed by atoms with Crippen LogP contribution >= 0.6 is 0 Å². The number of ketones is 1. The van der Waals surface area contributed by atoms with Crippen molar-refractivity contribution in [2.75, 3.05) is 5.32 Å². The van der Waals surface area contributed by atoms with E-state index in [0.29, 0.717) is 17.7 Å². The van der Waals surface area contributed by atoms with E-state index in [0.717, 1.165) is 48.3 Å². The zero-order chi connectivity index (χ0) is 20.8. The van der Waals surface area contributed by atoms with Gasteiger partial charge < -0.3 is 11.1 Å². The molecule has 2 aliphatic rings. The molecule has 0 saturated heterocycles. The van der Waals surface area contributed by atoms with Gasteiger partial charge in [-0.3, -0.25) is 9.59 Å². The second-order valence-corrected chi connectivity index (χ2v) is 8.79. The number of benzene rings is 1. The minimum Gasteiger partial charge on any atom is -0.381 e. The van der Waals surface area contributed by atoms with Crippen LogP contribution in [0.25, 0.3) is 5.69 Å². The lowest BCUT2D eigenvalue weighted by Gasteiger charge is -2.29. The van der Waals surface area contributed by atoms with Gasteiger partial charge in [0.25, 0.3) is 5.91 Å². The highest BCUT2D eigenvalue weighted by Crippen LogP contribution is 2.37. The maximum absolute atomic E-state index is 12.7. The van der Waals surface area contributed by atoms with Gasteiger partial charge in [0, 0.05) is 31.0 Å². The van der Waals surface area contributed by atoms with E-state index < -0.39 is 5.91 Å². The second kappa shape index (κ2) is 7.07. The lowest BCUT2D eigenvalue weighted by atomic mass is 9.75. The standard InChI is InChI=1S/C23H26N4O2/c1-14-21-19(12-23(2,3)13-20(21)28)27(26-14)16-9-10-17(22(24)29)18(11-16)25-15-7-5-4-6-8-15/h9-11,15,25H,5,7-8,12-13H2,1-3H3,(H2,24,29). The van der Waals surface area contributed by atoms with Crippen molar-refractivity contribution in [2.45, 2.75) is 58.9 Å². The summed E-state index contributed by atoms with van der Waals surface area (Å²) in [5, 5.41) is 8.11. The fourth-order valence-corrected chi connectivity index (χ4v) is 4.33. The summed E-state index contributed by atoms with van der Waals surface area (Å²) in [5.41, 5.74) is 9.86. The Balaban J connectivity index is 1.78. The van der Waals surface area contributed by atoms with Crippen LogP contribution in [0.1, 0.15) is 71.6 Å². The predicted octanol–water partition coefficient (Wildman–Crippen LogP) is 3.40. The molecule has 1 unspecified atom stereocenters. The summed E-state index contributed by atoms with van der Waals surface area (Å²) in [7, 11) is 0. The third-order valence-corrected chi connectivity index (χ3v) is 5.68. The zero-order valence-corrected chi connectivity index (χ0v) is 17.1. The first-order valence-corrected chi connectivity index (χ1v) is 10.0. The average Bonchev–Trinajstić information content (AvgIpc) is 2.97. The molecule has 1 aromatic heterocycles. The molecule has 4 rings (SSSR count). The molecule has 29 heavy (non-hydrogen) atoms. The van der Waals surface area contributed by atoms with Crippen molar-refractivity contribution < 1.29 is 9.59 Å². The number of nitrogens with one attached hydrogen (secondary N) is 1. The van der Waals surface area contributed by atoms with Crippen LogP contribution in [-0.4, -0.2) is 27.5 Å². The molecule has 6 nitrogen and oxygen atoms in total. The number of hydrogen-bond donors (Lipinski definition) is 2. The minimum atomic E-state index is -0.476. The van der Waals surface area contributed by atoms with E-state index >= 15 is 0 Å². The highest BCUT2D eigenvalue weighted by Gasteiger charge is 2.35. The zero-order valence-electron chi connectivity index (χ0n) is 17.1. The maximum atomic E-state index is 12.7. The van der Waals surface area contributed by atoms with Crippen LogP contribution in [0.15, 0.2) is 18.2 Å². The van der Waals surface area contributed by atoms with Crippen LogP contribution in [0.2, 0.25) is 0 Å². The van der Waals surface area contributed by atoms with Crippen LogP contribution in [-0.2, 0) is 6.42 Å². The van der Waals surface area contributed by atoms with E-state index in [-0.39, 0.29) is 17.2 Å². The Morgan fingerprint density at radius 3 is 2.79 bits per heavy atom. The molecule has 0 radical (unpaired) electrons. The minimum absolute atomic E-state index is 0.108. The number of carbonyl (C=O) groups excluding carboxylic acids is 2. The molecule has 3 N–H and O–H groups in total. The first-order valence-electron chi connectivity index (χ1n) is 10.0. The molecule has 2 aromatic rings. The first-order chi connectivity index (χ1) is 13.7. The van der Waals surface area contributed by atoms with Crippen molar-refractivity contribution in [3.63, 3.8) is 0 Å². The number of amides is 1. The number of anilines is 1. The van der Waals surface area contributed by atoms with Gasteiger partial charge >= 0.3 is 0 Å². The Bertz CT molecular complexity index is 1070. The monoisotopic (exact) mass is 390 g/mol. The van der Waals surface area contributed by atoms with Crippen LogP contribution in [0, 0.1) is 24.2 Å². The average molecular weight is 390 g/mol. The Labute approximate surface area is 170 Å². The van der Waals surface area contributed by atoms with Gasteiger partial charge in [0.05, 0.1) is 28.2 Å². The topological polar surface area (TPSA) is 90.0 Å². The number of aryl methyl sites for hydroxylation is 1. The summed E-state index contributed by atoms with van der Waals surface area (Å²) in [4.78, 5) is 24.7. The molecule has 0 saturated carbocycles. The summed E-state index contributed by atoms with van der Waals surface area (Å²) in [5.74, 6) is 5.89. The Morgan fingerprint density at radius 2 is 2.10 bits per heavy atom. The molecular formula is C23H26N4O2. The molecule has 150 valence electrons. The maximum Gasteiger partial charge on any atom is 0.250 e. The molecule has 0 aliphatic heterocycles. The summed E-state index contributed by atoms with van der Waals surface area (Å²) in [6.07, 6.45) is 3.80. The quantitative estimate of drug-likeness (QED) is 0.783. The lowest BCUT2D eigenvalue weighted by molar-refractivity contribution is 0.0909. The number of carbonyl (C=O) groups is 2. The van der Waals surface area contributed by atoms with Gasteiger partial charge in [-0.1, -0.05) is 13.8 Å². The second-order valence-electron chi connectivity index (χ2n) is 8.79. The molecule has 1 amide bonds. The fourth-order valence-electron chi connectivity index (χ4n) is 4.33. The summed E-state index contributed by atoms with van der Waals surface area (Å²) < 4.78 is 1.85. The molecule has 2 aliphatic carbocycles. The van der Waals surface area contributed by atoms with Crippen LogP contribution in [0.5, 0.6) is 0 Å². The van der Waals surface area contributed by atoms with Crippen LogP contribution in [0.4, 0.5) is 5.69 Å². The number of Topliss-reactive ketones (excluding diaryl/α,β-unsaturated/α-hetero) is 1. The third kappa shape index (κ3) is 3.65. The van der Waals surface area contributed by atoms with Crippen molar-refractivity contribution >= 4 is 17.4 Å². The third-order valence-electron chi connectivity index (χ3n) is 5.68. The van der Waals surface area contributed by atoms with Gasteiger partial charge in [-0.25, -0.2) is 4.68 Å². The molecule has 0 spiro atoms. The van der Waals surface area contributed by atoms with Crippen LogP contribution in [0.3, 0.4) is 0 Å². The lowest BCUT2D eigenvalue weighted by Crippen LogP contribution is -2.28. The van der Waals surface area contributed by atoms with Gasteiger partial charge in [0.15, 0.2) is 5.78 Å². The van der Waals surface area contributed by atoms with Crippen molar-refractivity contribution in [3.8, 4) is 17.5 Å². The molecule has 6 heteroatoms. The SMILES string of the molecule is Cc1nn(-c2ccc(C(N)=O)c(NC3CC#CCC3)c2)c2c1C(=O)CC(C)(C)C2. The summed E-state index contributed by atoms with van der Waals surface area (Å²) in [6.45, 7) is 6.09. The van der Waals surface area contributed by atoms with Crippen molar-refractivity contribution in [1.82, 2.24) is 9.78 Å². The van der Waals surface area contributed by atoms with Crippen LogP contribution < -0.4 is 11.1 Å². The number of hydrogen-bond acceptors (Lipinski definition) is 4. The molecular weight excluding hydrogens is 364 g/mol. The number of nitrogens with two attached hydrogens (primary N) is 1. The van der Waals surface area contributed by atoms with Crippen molar-refractivity contribution in [3.05, 3.63) is 40.7 Å². The van der Waals surface area contributed by atoms with E-state index in [1.165, 1.54) is 0 Å². The van der Waals surface area contributed by atoms with E-state index in [9.17, 15) is 9.59 Å². The van der Waals surface area contributed by atoms with Crippen molar-refractivity contribution in [1.29, 1.82) is 0 Å². The Morgan fingerprint density at radius 1 is 1.31 bits per heavy atom. The van der Waals surface area contributed by atoms with E-state index in [4.69, 9.17) is 5.73 Å². The molecule has 1 aromatic carbocycles. The highest BCUT2D eigenvalue weighted by molar-refractivity contribution is 6.00. The van der Waals surface area contributed by atoms with E-state index in [2.05, 4.69) is 36.1 Å². The molecule has 0 bridgehead atoms. The predicted molar refractivity (Wildman–Crippen MR) is 112 cm³/mol. The van der Waals surface area contributed by atoms with E-state index in [1.807, 2.05) is 23.7 Å². The summed E-state index contributed by atoms with van der Waals surface area (Å²) in [6, 6.07) is 5.65. The Kier molecular flexibility index (Phi) is 4.70. The number of aromatic nitrogens is 2. The number of primary amides is 1. The first kappa shape index (κ1) is 19.3. The number of nitrogens with zero attached hydrogens (tertiary/aromatic N) is 2. The van der Waals surface area contributed by atoms with Crippen molar-refractivity contribution in [2.24, 2.45) is 11.1 Å². The smallest absolute Gasteiger partial charge is 0.250 e. The fraction of sp³-hybridized carbons (Fsp3) is 0.435. The van der Waals surface area contributed by atoms with Gasteiger partial charge in [-0.15, -0.1) is 11.8 Å². The van der Waals surface area contributed by atoms with Gasteiger partial charge in [0.1, 0.15) is 0 Å². The molecule has 1 atom stereocenters. The highest BCUT2D eigenvalue weighted by atomic mass is 16.1. The van der Waals surface area contributed by atoms with E-state index in [1.54, 1.807) is 6.07 Å². The molecule has 0 fully saturated rings. The molecule has 1 heterocycles. The van der Waals surface area contributed by atoms with Gasteiger partial charge in [-0.05, 0) is 43.4 Å². The normalized spacial score (nSPS) is 19.8. The number of rotatable bonds is 4.